The number of ketones is 1. The van der Waals surface area contributed by atoms with Crippen molar-refractivity contribution in [2.45, 2.75) is 18.9 Å². The molecule has 2 nitrogen and oxygen atoms in total. The summed E-state index contributed by atoms with van der Waals surface area (Å²) in [6.07, 6.45) is 0.847. The molecule has 1 aromatic carbocycles. The number of hydrogen-bond donors (Lipinski definition) is 0. The average molecular weight is 212 g/mol. The minimum Gasteiger partial charge on any atom is -0.370 e. The van der Waals surface area contributed by atoms with Crippen molar-refractivity contribution in [1.82, 2.24) is 0 Å². The normalized spacial score (nSPS) is 20.5. The Morgan fingerprint density at radius 2 is 2.20 bits per heavy atom. The molecule has 2 rings (SSSR count). The largest absolute Gasteiger partial charge is 0.370 e. The van der Waals surface area contributed by atoms with E-state index in [-0.39, 0.29) is 5.56 Å². The Morgan fingerprint density at radius 1 is 1.40 bits per heavy atom. The lowest BCUT2D eigenvalue weighted by Gasteiger charge is -2.08. The third kappa shape index (κ3) is 2.04. The van der Waals surface area contributed by atoms with E-state index in [9.17, 15) is 13.6 Å². The van der Waals surface area contributed by atoms with Gasteiger partial charge in [0.15, 0.2) is 5.78 Å². The van der Waals surface area contributed by atoms with Gasteiger partial charge in [0.1, 0.15) is 17.7 Å². The standard InChI is InChI=1S/C11H10F2O2/c12-7-3-4-8(9(13)6-7)11(14)10-2-1-5-15-10/h3-4,6,10H,1-2,5H2. The highest BCUT2D eigenvalue weighted by Crippen LogP contribution is 2.19. The van der Waals surface area contributed by atoms with E-state index in [1.165, 1.54) is 0 Å². The molecule has 1 aliphatic heterocycles. The van der Waals surface area contributed by atoms with Gasteiger partial charge in [-0.2, -0.15) is 0 Å². The van der Waals surface area contributed by atoms with E-state index >= 15 is 0 Å². The van der Waals surface area contributed by atoms with Gasteiger partial charge in [0.2, 0.25) is 0 Å². The minimum atomic E-state index is -0.824. The first-order chi connectivity index (χ1) is 7.18. The van der Waals surface area contributed by atoms with Gasteiger partial charge in [0.25, 0.3) is 0 Å². The number of Topliss-reactive ketones (excluding diaryl/α,β-unsaturated/α-hetero) is 1. The number of rotatable bonds is 2. The van der Waals surface area contributed by atoms with E-state index in [2.05, 4.69) is 0 Å². The summed E-state index contributed by atoms with van der Waals surface area (Å²) >= 11 is 0. The van der Waals surface area contributed by atoms with Crippen LogP contribution in [0.3, 0.4) is 0 Å². The molecule has 1 aliphatic rings. The molecule has 0 aliphatic carbocycles. The maximum absolute atomic E-state index is 13.2. The van der Waals surface area contributed by atoms with Gasteiger partial charge in [0.05, 0.1) is 5.56 Å². The summed E-state index contributed by atoms with van der Waals surface area (Å²) < 4.78 is 31.0. The zero-order chi connectivity index (χ0) is 10.8. The predicted octanol–water partition coefficient (Wildman–Crippen LogP) is 2.33. The predicted molar refractivity (Wildman–Crippen MR) is 49.7 cm³/mol. The molecule has 0 saturated carbocycles. The fraction of sp³-hybridized carbons (Fsp3) is 0.364. The molecule has 1 unspecified atom stereocenters. The maximum Gasteiger partial charge on any atom is 0.194 e. The quantitative estimate of drug-likeness (QED) is 0.703. The summed E-state index contributed by atoms with van der Waals surface area (Å²) in [6.45, 7) is 0.527. The van der Waals surface area contributed by atoms with Crippen molar-refractivity contribution in [1.29, 1.82) is 0 Å². The van der Waals surface area contributed by atoms with Crippen LogP contribution in [0.15, 0.2) is 18.2 Å². The summed E-state index contributed by atoms with van der Waals surface area (Å²) in [5, 5.41) is 0. The monoisotopic (exact) mass is 212 g/mol. The molecular weight excluding hydrogens is 202 g/mol. The Hall–Kier alpha value is -1.29. The van der Waals surface area contributed by atoms with Gasteiger partial charge in [-0.05, 0) is 25.0 Å². The number of halogens is 2. The number of benzene rings is 1. The molecule has 0 aromatic heterocycles. The lowest BCUT2D eigenvalue weighted by molar-refractivity contribution is 0.0638. The topological polar surface area (TPSA) is 26.3 Å². The van der Waals surface area contributed by atoms with Crippen LogP contribution in [0, 0.1) is 11.6 Å². The smallest absolute Gasteiger partial charge is 0.194 e. The molecule has 1 atom stereocenters. The third-order valence-electron chi connectivity index (χ3n) is 2.42. The average Bonchev–Trinajstić information content (AvgIpc) is 2.69. The molecule has 0 N–H and O–H groups in total. The van der Waals surface area contributed by atoms with Gasteiger partial charge in [0, 0.05) is 12.7 Å². The third-order valence-corrected chi connectivity index (χ3v) is 2.42. The van der Waals surface area contributed by atoms with Crippen molar-refractivity contribution in [3.8, 4) is 0 Å². The Bertz CT molecular complexity index is 384. The molecular formula is C11H10F2O2. The van der Waals surface area contributed by atoms with E-state index in [0.717, 1.165) is 18.6 Å². The molecule has 80 valence electrons. The Morgan fingerprint density at radius 3 is 2.80 bits per heavy atom. The molecule has 0 amide bonds. The minimum absolute atomic E-state index is 0.0942. The number of carbonyl (C=O) groups is 1. The van der Waals surface area contributed by atoms with Gasteiger partial charge >= 0.3 is 0 Å². The number of hydrogen-bond acceptors (Lipinski definition) is 2. The molecule has 1 saturated heterocycles. The van der Waals surface area contributed by atoms with Gasteiger partial charge in [-0.1, -0.05) is 0 Å². The van der Waals surface area contributed by atoms with Crippen molar-refractivity contribution < 1.29 is 18.3 Å². The van der Waals surface area contributed by atoms with E-state index < -0.39 is 23.5 Å². The van der Waals surface area contributed by atoms with E-state index in [1.54, 1.807) is 0 Å². The van der Waals surface area contributed by atoms with Crippen LogP contribution < -0.4 is 0 Å². The van der Waals surface area contributed by atoms with E-state index in [4.69, 9.17) is 4.74 Å². The Balaban J connectivity index is 2.24. The highest BCUT2D eigenvalue weighted by atomic mass is 19.1. The zero-order valence-electron chi connectivity index (χ0n) is 8.00. The Labute approximate surface area is 85.9 Å². The molecule has 4 heteroatoms. The molecule has 1 aromatic rings. The SMILES string of the molecule is O=C(c1ccc(F)cc1F)C1CCCO1. The molecule has 0 bridgehead atoms. The lowest BCUT2D eigenvalue weighted by Crippen LogP contribution is -2.20. The van der Waals surface area contributed by atoms with Crippen LogP contribution in [0.5, 0.6) is 0 Å². The fourth-order valence-electron chi connectivity index (χ4n) is 1.65. The lowest BCUT2D eigenvalue weighted by atomic mass is 10.0. The van der Waals surface area contributed by atoms with Crippen LogP contribution in [0.1, 0.15) is 23.2 Å². The van der Waals surface area contributed by atoms with Crippen LogP contribution in [-0.4, -0.2) is 18.5 Å². The van der Waals surface area contributed by atoms with Crippen LogP contribution in [0.4, 0.5) is 8.78 Å². The summed E-state index contributed by atoms with van der Waals surface area (Å²) in [5.74, 6) is -1.91. The van der Waals surface area contributed by atoms with Gasteiger partial charge in [-0.25, -0.2) is 8.78 Å². The first-order valence-electron chi connectivity index (χ1n) is 4.79. The first kappa shape index (κ1) is 10.2. The molecule has 15 heavy (non-hydrogen) atoms. The van der Waals surface area contributed by atoms with Crippen LogP contribution in [0.2, 0.25) is 0 Å². The molecule has 1 heterocycles. The Kier molecular flexibility index (Phi) is 2.77. The van der Waals surface area contributed by atoms with Crippen molar-refractivity contribution in [2.75, 3.05) is 6.61 Å². The second-order valence-electron chi connectivity index (χ2n) is 3.49. The molecule has 0 radical (unpaired) electrons. The van der Waals surface area contributed by atoms with Gasteiger partial charge in [-0.15, -0.1) is 0 Å². The molecule has 1 fully saturated rings. The van der Waals surface area contributed by atoms with Crippen molar-refractivity contribution in [3.63, 3.8) is 0 Å². The second kappa shape index (κ2) is 4.06. The van der Waals surface area contributed by atoms with Crippen molar-refractivity contribution in [3.05, 3.63) is 35.4 Å². The van der Waals surface area contributed by atoms with Crippen LogP contribution in [-0.2, 0) is 4.74 Å². The summed E-state index contributed by atoms with van der Waals surface area (Å²) in [7, 11) is 0. The van der Waals surface area contributed by atoms with Crippen molar-refractivity contribution >= 4 is 5.78 Å². The highest BCUT2D eigenvalue weighted by Gasteiger charge is 2.26. The summed E-state index contributed by atoms with van der Waals surface area (Å²) in [6, 6.07) is 2.95. The van der Waals surface area contributed by atoms with Gasteiger partial charge < -0.3 is 4.74 Å². The molecule has 0 spiro atoms. The summed E-state index contributed by atoms with van der Waals surface area (Å²) in [4.78, 5) is 11.7. The van der Waals surface area contributed by atoms with Gasteiger partial charge in [-0.3, -0.25) is 4.79 Å². The fourth-order valence-corrected chi connectivity index (χ4v) is 1.65. The number of carbonyl (C=O) groups excluding carboxylic acids is 1. The summed E-state index contributed by atoms with van der Waals surface area (Å²) in [5.41, 5.74) is -0.0942. The van der Waals surface area contributed by atoms with Crippen LogP contribution in [0.25, 0.3) is 0 Å². The van der Waals surface area contributed by atoms with Crippen LogP contribution >= 0.6 is 0 Å². The van der Waals surface area contributed by atoms with Crippen molar-refractivity contribution in [2.24, 2.45) is 0 Å². The van der Waals surface area contributed by atoms with E-state index in [0.29, 0.717) is 19.1 Å². The maximum atomic E-state index is 13.2. The van der Waals surface area contributed by atoms with E-state index in [1.807, 2.05) is 0 Å². The second-order valence-corrected chi connectivity index (χ2v) is 3.49. The highest BCUT2D eigenvalue weighted by molar-refractivity contribution is 5.99. The first-order valence-corrected chi connectivity index (χ1v) is 4.79. The number of ether oxygens (including phenoxy) is 1. The zero-order valence-corrected chi connectivity index (χ0v) is 8.00.